The van der Waals surface area contributed by atoms with Crippen LogP contribution in [0.4, 0.5) is 0 Å². The molecule has 2 aliphatic heterocycles. The molecule has 2 aliphatic rings. The minimum atomic E-state index is -3.32. The Morgan fingerprint density at radius 1 is 0.561 bits per heavy atom. The number of fused-ring (bicyclic) bond motifs is 1. The third kappa shape index (κ3) is 14.6. The second kappa shape index (κ2) is 27.8. The van der Waals surface area contributed by atoms with Crippen LogP contribution in [0, 0.1) is 0 Å². The minimum Gasteiger partial charge on any atom is -0.463 e. The Kier molecular flexibility index (Phi) is 20.2. The van der Waals surface area contributed by atoms with Gasteiger partial charge < -0.3 is 47.1 Å². The highest BCUT2D eigenvalue weighted by molar-refractivity contribution is 9.10. The summed E-state index contributed by atoms with van der Waals surface area (Å²) in [6, 6.07) is 58.3. The largest absolute Gasteiger partial charge is 0.463 e. The zero-order valence-corrected chi connectivity index (χ0v) is 48.8. The van der Waals surface area contributed by atoms with Crippen LogP contribution < -0.4 is 10.4 Å². The molecule has 0 aromatic heterocycles. The average Bonchev–Trinajstić information content (AvgIpc) is 2.86. The van der Waals surface area contributed by atoms with E-state index in [0.717, 1.165) is 42.3 Å². The highest BCUT2D eigenvalue weighted by Gasteiger charge is 2.57. The molecule has 2 heterocycles. The van der Waals surface area contributed by atoms with Crippen molar-refractivity contribution in [3.05, 3.63) is 225 Å². The first-order valence-corrected chi connectivity index (χ1v) is 29.8. The standard InChI is InChI=1S/C64H66BrN3O13Si/c1-42(69)72-40-53-57(59(75-37-44-20-10-6-11-21-44)60(63(79-53)77-43(2)70)80-61(71)48-23-12-7-13-24-48)81-62-55(67-68-66)58(74-38-45-31-34-50(65)35-32-45)56(73-39-46-30-33-47-22-18-19-25-49(47)36-46)54(78-62)41-76-82(64(3,4)5,51-26-14-8-15-27-51)52-28-16-9-17-29-52/h6-36,53-60,62-63H,37-41H2,1-5H3/t53-,54-,55-,56-,57-,58-,59+,60-,62-,63-/m1/s1. The van der Waals surface area contributed by atoms with E-state index < -0.39 is 99.2 Å². The van der Waals surface area contributed by atoms with E-state index in [1.165, 1.54) is 13.8 Å². The Hall–Kier alpha value is -7.06. The molecule has 426 valence electrons. The number of rotatable bonds is 22. The van der Waals surface area contributed by atoms with Gasteiger partial charge in [-0.2, -0.15) is 0 Å². The van der Waals surface area contributed by atoms with Crippen LogP contribution in [0.3, 0.4) is 0 Å². The summed E-state index contributed by atoms with van der Waals surface area (Å²) in [7, 11) is -3.32. The first-order chi connectivity index (χ1) is 39.7. The second-order valence-corrected chi connectivity index (χ2v) is 26.3. The van der Waals surface area contributed by atoms with E-state index in [-0.39, 0.29) is 32.0 Å². The van der Waals surface area contributed by atoms with Crippen molar-refractivity contribution in [2.75, 3.05) is 13.2 Å². The number of nitrogens with zero attached hydrogens (tertiary/aromatic N) is 3. The maximum Gasteiger partial charge on any atom is 0.338 e. The summed E-state index contributed by atoms with van der Waals surface area (Å²) in [6.07, 6.45) is -11.9. The van der Waals surface area contributed by atoms with E-state index >= 15 is 0 Å². The molecule has 0 N–H and O–H groups in total. The van der Waals surface area contributed by atoms with Crippen LogP contribution in [-0.4, -0.2) is 101 Å². The molecule has 16 nitrogen and oxygen atoms in total. The number of benzene rings is 7. The van der Waals surface area contributed by atoms with Gasteiger partial charge in [-0.15, -0.1) is 0 Å². The zero-order valence-electron chi connectivity index (χ0n) is 46.2. The van der Waals surface area contributed by atoms with Crippen LogP contribution in [0.2, 0.25) is 5.04 Å². The van der Waals surface area contributed by atoms with Crippen LogP contribution in [-0.2, 0) is 76.5 Å². The monoisotopic (exact) mass is 1190 g/mol. The summed E-state index contributed by atoms with van der Waals surface area (Å²) < 4.78 is 68.1. The van der Waals surface area contributed by atoms with Crippen molar-refractivity contribution in [1.82, 2.24) is 0 Å². The number of ether oxygens (including phenoxy) is 9. The molecule has 0 spiro atoms. The number of esters is 3. The van der Waals surface area contributed by atoms with Crippen molar-refractivity contribution in [3.8, 4) is 0 Å². The molecule has 0 aliphatic carbocycles. The van der Waals surface area contributed by atoms with Gasteiger partial charge in [0.2, 0.25) is 6.29 Å². The van der Waals surface area contributed by atoms with Crippen molar-refractivity contribution in [3.63, 3.8) is 0 Å². The number of halogens is 1. The summed E-state index contributed by atoms with van der Waals surface area (Å²) in [5.74, 6) is -2.20. The molecule has 0 unspecified atom stereocenters. The first kappa shape index (κ1) is 59.6. The van der Waals surface area contributed by atoms with E-state index in [2.05, 4.69) is 77.1 Å². The van der Waals surface area contributed by atoms with Crippen LogP contribution in [0.1, 0.15) is 61.7 Å². The molecule has 0 radical (unpaired) electrons. The summed E-state index contributed by atoms with van der Waals surface area (Å²) in [5.41, 5.74) is 13.2. The molecule has 18 heteroatoms. The Balaban J connectivity index is 1.18. The summed E-state index contributed by atoms with van der Waals surface area (Å²) in [5, 5.41) is 8.05. The van der Waals surface area contributed by atoms with Crippen molar-refractivity contribution >= 4 is 63.3 Å². The van der Waals surface area contributed by atoms with Gasteiger partial charge >= 0.3 is 17.9 Å². The Morgan fingerprint density at radius 3 is 1.70 bits per heavy atom. The third-order valence-corrected chi connectivity index (χ3v) is 20.0. The van der Waals surface area contributed by atoms with E-state index in [9.17, 15) is 19.9 Å². The molecule has 82 heavy (non-hydrogen) atoms. The van der Waals surface area contributed by atoms with Gasteiger partial charge in [0.25, 0.3) is 8.32 Å². The van der Waals surface area contributed by atoms with Gasteiger partial charge in [0.05, 0.1) is 32.0 Å². The first-order valence-electron chi connectivity index (χ1n) is 27.1. The number of carbonyl (C=O) groups excluding carboxylic acids is 3. The topological polar surface area (TPSA) is 192 Å². The SMILES string of the molecule is CC(=O)OC[C@H]1O[C@@H](OC(C)=O)[C@H](OC(=O)c2ccccc2)[C@@H](OCc2ccccc2)[C@@H]1O[C@H]1O[C@H](CO[Si](c2ccccc2)(c2ccccc2)C(C)(C)C)[C@@H](OCc2ccc3ccccc3c2)[C@H](OCc2ccc(Br)cc2)[C@H]1N=[N+]=[N-]. The molecule has 0 saturated carbocycles. The quantitative estimate of drug-likeness (QED) is 0.0156. The van der Waals surface area contributed by atoms with Gasteiger partial charge in [-0.3, -0.25) is 9.59 Å². The predicted octanol–water partition coefficient (Wildman–Crippen LogP) is 11.1. The number of carbonyl (C=O) groups is 3. The minimum absolute atomic E-state index is 0.0340. The molecule has 2 fully saturated rings. The van der Waals surface area contributed by atoms with Gasteiger partial charge in [-0.25, -0.2) is 4.79 Å². The zero-order chi connectivity index (χ0) is 57.6. The lowest BCUT2D eigenvalue weighted by Gasteiger charge is -2.50. The van der Waals surface area contributed by atoms with Gasteiger partial charge in [-0.05, 0) is 78.7 Å². The molecule has 2 saturated heterocycles. The molecule has 10 atom stereocenters. The molecule has 0 bridgehead atoms. The second-order valence-electron chi connectivity index (χ2n) is 21.1. The fourth-order valence-electron chi connectivity index (χ4n) is 10.6. The Bertz CT molecular complexity index is 3220. The normalized spacial score (nSPS) is 22.8. The van der Waals surface area contributed by atoms with Crippen molar-refractivity contribution in [2.24, 2.45) is 5.11 Å². The van der Waals surface area contributed by atoms with E-state index in [1.54, 1.807) is 30.3 Å². The van der Waals surface area contributed by atoms with Crippen LogP contribution in [0.15, 0.2) is 198 Å². The van der Waals surface area contributed by atoms with Crippen molar-refractivity contribution in [2.45, 2.75) is 121 Å². The van der Waals surface area contributed by atoms with Gasteiger partial charge in [0.15, 0.2) is 12.4 Å². The summed E-state index contributed by atoms with van der Waals surface area (Å²) in [6.45, 7) is 8.46. The lowest BCUT2D eigenvalue weighted by atomic mass is 9.95. The third-order valence-electron chi connectivity index (χ3n) is 14.4. The Morgan fingerprint density at radius 2 is 1.09 bits per heavy atom. The number of hydrogen-bond donors (Lipinski definition) is 0. The van der Waals surface area contributed by atoms with E-state index in [1.807, 2.05) is 127 Å². The maximum absolute atomic E-state index is 14.2. The van der Waals surface area contributed by atoms with Gasteiger partial charge in [0.1, 0.15) is 49.3 Å². The van der Waals surface area contributed by atoms with Crippen LogP contribution >= 0.6 is 15.9 Å². The lowest BCUT2D eigenvalue weighted by Crippen LogP contribution is -2.69. The van der Waals surface area contributed by atoms with Crippen molar-refractivity contribution in [1.29, 1.82) is 0 Å². The molecular weight excluding hydrogens is 1130 g/mol. The Labute approximate surface area is 486 Å². The smallest absolute Gasteiger partial charge is 0.338 e. The lowest BCUT2D eigenvalue weighted by molar-refractivity contribution is -0.349. The fourth-order valence-corrected chi connectivity index (χ4v) is 15.4. The van der Waals surface area contributed by atoms with E-state index in [4.69, 9.17) is 47.1 Å². The highest BCUT2D eigenvalue weighted by Crippen LogP contribution is 2.40. The molecule has 9 rings (SSSR count). The average molecular weight is 1190 g/mol. The fraction of sp³-hybridized carbons (Fsp3) is 0.328. The number of azide groups is 1. The number of hydrogen-bond acceptors (Lipinski definition) is 14. The summed E-state index contributed by atoms with van der Waals surface area (Å²) in [4.78, 5) is 43.2. The maximum atomic E-state index is 14.2. The predicted molar refractivity (Wildman–Crippen MR) is 313 cm³/mol. The molecule has 7 aromatic rings. The van der Waals surface area contributed by atoms with Gasteiger partial charge in [-0.1, -0.05) is 200 Å². The van der Waals surface area contributed by atoms with E-state index in [0.29, 0.717) is 0 Å². The highest BCUT2D eigenvalue weighted by atomic mass is 79.9. The molecule has 7 aromatic carbocycles. The van der Waals surface area contributed by atoms with Crippen molar-refractivity contribution < 1.29 is 61.4 Å². The van der Waals surface area contributed by atoms with Crippen LogP contribution in [0.25, 0.3) is 21.2 Å². The molecule has 0 amide bonds. The molecular formula is C64H66BrN3O13Si. The summed E-state index contributed by atoms with van der Waals surface area (Å²) >= 11 is 3.55. The van der Waals surface area contributed by atoms with Gasteiger partial charge in [0, 0.05) is 23.2 Å². The van der Waals surface area contributed by atoms with Crippen LogP contribution in [0.5, 0.6) is 0 Å².